The van der Waals surface area contributed by atoms with Gasteiger partial charge in [-0.2, -0.15) is 0 Å². The van der Waals surface area contributed by atoms with Gasteiger partial charge in [-0.1, -0.05) is 0 Å². The minimum absolute atomic E-state index is 0.145. The molecule has 0 aliphatic carbocycles. The van der Waals surface area contributed by atoms with Gasteiger partial charge >= 0.3 is 0 Å². The largest absolute Gasteiger partial charge is 0.495 e. The fourth-order valence-electron chi connectivity index (χ4n) is 3.36. The van der Waals surface area contributed by atoms with Crippen LogP contribution in [0.1, 0.15) is 9.67 Å². The van der Waals surface area contributed by atoms with Gasteiger partial charge in [0.05, 0.1) is 37.4 Å². The second-order valence-corrected chi connectivity index (χ2v) is 8.29. The Balaban J connectivity index is 1.43. The fourth-order valence-corrected chi connectivity index (χ4v) is 4.27. The van der Waals surface area contributed by atoms with Gasteiger partial charge in [-0.3, -0.25) is 19.5 Å². The van der Waals surface area contributed by atoms with Crippen LogP contribution < -0.4 is 15.4 Å². The van der Waals surface area contributed by atoms with Crippen LogP contribution in [0.3, 0.4) is 0 Å². The average Bonchev–Trinajstić information content (AvgIpc) is 3.31. The number of methoxy groups -OCH3 is 1. The van der Waals surface area contributed by atoms with Gasteiger partial charge in [0.2, 0.25) is 5.91 Å². The number of nitrogens with one attached hydrogen (secondary N) is 2. The summed E-state index contributed by atoms with van der Waals surface area (Å²) >= 11 is 1.41. The quantitative estimate of drug-likeness (QED) is 0.571. The Morgan fingerprint density at radius 1 is 1.09 bits per heavy atom. The fraction of sp³-hybridized carbons (Fsp3) is 0.261. The lowest BCUT2D eigenvalue weighted by Gasteiger charge is -2.26. The molecule has 4 rings (SSSR count). The predicted octanol–water partition coefficient (Wildman–Crippen LogP) is 3.34. The van der Waals surface area contributed by atoms with Gasteiger partial charge in [0.15, 0.2) is 0 Å². The number of carbonyl (C=O) groups excluding carboxylic acids is 2. The Kier molecular flexibility index (Phi) is 7.10. The van der Waals surface area contributed by atoms with E-state index < -0.39 is 0 Å². The van der Waals surface area contributed by atoms with Crippen molar-refractivity contribution < 1.29 is 19.1 Å². The predicted molar refractivity (Wildman–Crippen MR) is 124 cm³/mol. The standard InChI is InChI=1S/C23H24N4O4S/c1-30-19-3-2-17(14-18(19)26-22(28)15-27-10-12-31-13-11-27)25-23(29)21-5-4-20(32-21)16-6-8-24-9-7-16/h2-9,14H,10-13,15H2,1H3,(H,25,29)(H,26,28). The molecule has 0 radical (unpaired) electrons. The third kappa shape index (κ3) is 5.50. The molecule has 1 saturated heterocycles. The summed E-state index contributed by atoms with van der Waals surface area (Å²) in [5.41, 5.74) is 2.09. The first-order chi connectivity index (χ1) is 15.6. The number of amides is 2. The summed E-state index contributed by atoms with van der Waals surface area (Å²) in [5.74, 6) is 0.161. The first-order valence-corrected chi connectivity index (χ1v) is 11.0. The van der Waals surface area contributed by atoms with Gasteiger partial charge in [-0.05, 0) is 48.0 Å². The Bertz CT molecular complexity index is 1080. The normalized spacial score (nSPS) is 14.0. The Labute approximate surface area is 190 Å². The number of pyridine rings is 1. The van der Waals surface area contributed by atoms with Crippen molar-refractivity contribution >= 4 is 34.5 Å². The van der Waals surface area contributed by atoms with Crippen molar-refractivity contribution in [3.05, 3.63) is 59.7 Å². The van der Waals surface area contributed by atoms with Crippen LogP contribution in [-0.4, -0.2) is 61.7 Å². The molecular weight excluding hydrogens is 428 g/mol. The number of morpholine rings is 1. The van der Waals surface area contributed by atoms with Crippen LogP contribution in [0.5, 0.6) is 5.75 Å². The second-order valence-electron chi connectivity index (χ2n) is 7.21. The molecule has 1 aliphatic rings. The van der Waals surface area contributed by atoms with Gasteiger partial charge in [0.1, 0.15) is 5.75 Å². The molecule has 0 spiro atoms. The zero-order valence-corrected chi connectivity index (χ0v) is 18.5. The van der Waals surface area contributed by atoms with E-state index in [1.807, 2.05) is 23.1 Å². The zero-order valence-electron chi connectivity index (χ0n) is 17.7. The molecule has 32 heavy (non-hydrogen) atoms. The lowest BCUT2D eigenvalue weighted by atomic mass is 10.2. The SMILES string of the molecule is COc1ccc(NC(=O)c2ccc(-c3ccncc3)s2)cc1NC(=O)CN1CCOCC1. The zero-order chi connectivity index (χ0) is 22.3. The summed E-state index contributed by atoms with van der Waals surface area (Å²) in [4.78, 5) is 32.9. The van der Waals surface area contributed by atoms with Crippen molar-refractivity contribution in [1.82, 2.24) is 9.88 Å². The van der Waals surface area contributed by atoms with Crippen molar-refractivity contribution in [3.8, 4) is 16.2 Å². The number of thiophene rings is 1. The monoisotopic (exact) mass is 452 g/mol. The summed E-state index contributed by atoms with van der Waals surface area (Å²) in [6, 6.07) is 12.7. The van der Waals surface area contributed by atoms with E-state index >= 15 is 0 Å². The number of hydrogen-bond donors (Lipinski definition) is 2. The minimum atomic E-state index is -0.217. The highest BCUT2D eigenvalue weighted by molar-refractivity contribution is 7.17. The molecule has 0 saturated carbocycles. The molecule has 1 aliphatic heterocycles. The molecule has 2 N–H and O–H groups in total. The number of hydrogen-bond acceptors (Lipinski definition) is 7. The molecule has 1 fully saturated rings. The topological polar surface area (TPSA) is 92.8 Å². The van der Waals surface area contributed by atoms with Crippen LogP contribution in [0.25, 0.3) is 10.4 Å². The molecule has 9 heteroatoms. The first-order valence-electron chi connectivity index (χ1n) is 10.2. The van der Waals surface area contributed by atoms with E-state index in [0.717, 1.165) is 23.5 Å². The Morgan fingerprint density at radius 2 is 1.88 bits per heavy atom. The van der Waals surface area contributed by atoms with Crippen molar-refractivity contribution in [2.75, 3.05) is 50.6 Å². The maximum absolute atomic E-state index is 12.8. The van der Waals surface area contributed by atoms with Crippen LogP contribution in [0.15, 0.2) is 54.9 Å². The van der Waals surface area contributed by atoms with Gasteiger partial charge in [-0.15, -0.1) is 11.3 Å². The highest BCUT2D eigenvalue weighted by atomic mass is 32.1. The Morgan fingerprint density at radius 3 is 2.62 bits per heavy atom. The van der Waals surface area contributed by atoms with Gasteiger partial charge in [-0.25, -0.2) is 0 Å². The van der Waals surface area contributed by atoms with Crippen LogP contribution in [0, 0.1) is 0 Å². The number of carbonyl (C=O) groups is 2. The van der Waals surface area contributed by atoms with E-state index in [0.29, 0.717) is 35.2 Å². The van der Waals surface area contributed by atoms with E-state index in [9.17, 15) is 9.59 Å². The lowest BCUT2D eigenvalue weighted by Crippen LogP contribution is -2.41. The van der Waals surface area contributed by atoms with E-state index in [1.54, 1.807) is 36.7 Å². The van der Waals surface area contributed by atoms with Gasteiger partial charge < -0.3 is 20.1 Å². The molecule has 8 nitrogen and oxygen atoms in total. The van der Waals surface area contributed by atoms with Crippen LogP contribution in [-0.2, 0) is 9.53 Å². The molecule has 3 heterocycles. The molecule has 0 bridgehead atoms. The average molecular weight is 453 g/mol. The maximum Gasteiger partial charge on any atom is 0.265 e. The number of benzene rings is 1. The van der Waals surface area contributed by atoms with E-state index in [1.165, 1.54) is 18.4 Å². The molecule has 0 atom stereocenters. The molecule has 2 amide bonds. The number of ether oxygens (including phenoxy) is 2. The van der Waals surface area contributed by atoms with Crippen molar-refractivity contribution in [2.24, 2.45) is 0 Å². The van der Waals surface area contributed by atoms with E-state index in [2.05, 4.69) is 15.6 Å². The molecular formula is C23H24N4O4S. The highest BCUT2D eigenvalue weighted by Crippen LogP contribution is 2.30. The van der Waals surface area contributed by atoms with E-state index in [4.69, 9.17) is 9.47 Å². The number of anilines is 2. The summed E-state index contributed by atoms with van der Waals surface area (Å²) in [5, 5.41) is 5.78. The van der Waals surface area contributed by atoms with Crippen LogP contribution in [0.4, 0.5) is 11.4 Å². The molecule has 166 valence electrons. The molecule has 1 aromatic carbocycles. The second kappa shape index (κ2) is 10.4. The third-order valence-electron chi connectivity index (χ3n) is 5.00. The van der Waals surface area contributed by atoms with Crippen molar-refractivity contribution in [1.29, 1.82) is 0 Å². The van der Waals surface area contributed by atoms with Crippen molar-refractivity contribution in [2.45, 2.75) is 0 Å². The van der Waals surface area contributed by atoms with Crippen LogP contribution in [0.2, 0.25) is 0 Å². The molecule has 2 aromatic heterocycles. The Hall–Kier alpha value is -3.27. The summed E-state index contributed by atoms with van der Waals surface area (Å²) in [6.07, 6.45) is 3.45. The third-order valence-corrected chi connectivity index (χ3v) is 6.13. The molecule has 3 aromatic rings. The minimum Gasteiger partial charge on any atom is -0.495 e. The van der Waals surface area contributed by atoms with Gasteiger partial charge in [0.25, 0.3) is 5.91 Å². The van der Waals surface area contributed by atoms with Crippen LogP contribution >= 0.6 is 11.3 Å². The first kappa shape index (κ1) is 21.9. The summed E-state index contributed by atoms with van der Waals surface area (Å²) in [6.45, 7) is 2.98. The summed E-state index contributed by atoms with van der Waals surface area (Å²) < 4.78 is 10.7. The summed E-state index contributed by atoms with van der Waals surface area (Å²) in [7, 11) is 1.54. The highest BCUT2D eigenvalue weighted by Gasteiger charge is 2.17. The smallest absolute Gasteiger partial charge is 0.265 e. The number of rotatable bonds is 7. The lowest BCUT2D eigenvalue weighted by molar-refractivity contribution is -0.118. The molecule has 0 unspecified atom stereocenters. The van der Waals surface area contributed by atoms with E-state index in [-0.39, 0.29) is 18.4 Å². The maximum atomic E-state index is 12.8. The number of nitrogens with zero attached hydrogens (tertiary/aromatic N) is 2. The number of aromatic nitrogens is 1. The van der Waals surface area contributed by atoms with Gasteiger partial charge in [0, 0.05) is 36.0 Å². The van der Waals surface area contributed by atoms with Crippen molar-refractivity contribution in [3.63, 3.8) is 0 Å².